The van der Waals surface area contributed by atoms with E-state index in [1.54, 1.807) is 24.3 Å². The van der Waals surface area contributed by atoms with Crippen LogP contribution < -0.4 is 5.43 Å². The van der Waals surface area contributed by atoms with E-state index in [0.717, 1.165) is 0 Å². The van der Waals surface area contributed by atoms with Gasteiger partial charge in [0.1, 0.15) is 6.17 Å². The zero-order chi connectivity index (χ0) is 15.0. The number of nitriles is 1. The molecule has 1 fully saturated rings. The molecule has 4 nitrogen and oxygen atoms in total. The molecule has 21 heavy (non-hydrogen) atoms. The second kappa shape index (κ2) is 5.58. The summed E-state index contributed by atoms with van der Waals surface area (Å²) in [5, 5.41) is 10.7. The molecule has 2 aliphatic heterocycles. The van der Waals surface area contributed by atoms with Crippen molar-refractivity contribution in [1.82, 2.24) is 10.4 Å². The maximum atomic E-state index is 14.1. The fraction of sp³-hybridized carbons (Fsp3) is 0.385. The van der Waals surface area contributed by atoms with Gasteiger partial charge in [0.15, 0.2) is 11.3 Å². The van der Waals surface area contributed by atoms with Gasteiger partial charge in [-0.15, -0.1) is 0 Å². The standard InChI is InChI=1S/C13H11F3N4S/c14-9-5-10(8-4-2-1-3-7(8)6-17)20-11(9)18-13(19-20)21-12(15)16/h1-4,9-12H,5H2,(H,18,19)/t9-,10-,11?/m0/s1. The average Bonchev–Trinajstić information content (AvgIpc) is 2.98. The molecule has 1 N–H and O–H groups in total. The lowest BCUT2D eigenvalue weighted by Gasteiger charge is -2.24. The number of hydrazine groups is 1. The molecule has 0 aromatic heterocycles. The molecule has 110 valence electrons. The molecule has 2 aliphatic rings. The van der Waals surface area contributed by atoms with Crippen molar-refractivity contribution in [3.63, 3.8) is 0 Å². The van der Waals surface area contributed by atoms with Gasteiger partial charge in [0.05, 0.1) is 17.7 Å². The predicted octanol–water partition coefficient (Wildman–Crippen LogP) is 2.80. The summed E-state index contributed by atoms with van der Waals surface area (Å²) in [5.74, 6) is -2.61. The summed E-state index contributed by atoms with van der Waals surface area (Å²) in [5.41, 5.74) is 3.86. The highest BCUT2D eigenvalue weighted by atomic mass is 32.2. The molecule has 3 atom stereocenters. The third-order valence-electron chi connectivity index (χ3n) is 3.51. The largest absolute Gasteiger partial charge is 0.295 e. The lowest BCUT2D eigenvalue weighted by molar-refractivity contribution is 0.160. The molecule has 0 spiro atoms. The lowest BCUT2D eigenvalue weighted by atomic mass is 9.99. The Morgan fingerprint density at radius 1 is 1.43 bits per heavy atom. The molecule has 3 rings (SSSR count). The van der Waals surface area contributed by atoms with E-state index in [1.807, 2.05) is 0 Å². The fourth-order valence-corrected chi connectivity index (χ4v) is 3.16. The number of hydrogen-bond acceptors (Lipinski definition) is 5. The van der Waals surface area contributed by atoms with Crippen LogP contribution in [0.3, 0.4) is 0 Å². The summed E-state index contributed by atoms with van der Waals surface area (Å²) in [6.45, 7) is 0. The first-order valence-electron chi connectivity index (χ1n) is 6.31. The first-order valence-corrected chi connectivity index (χ1v) is 7.19. The summed E-state index contributed by atoms with van der Waals surface area (Å²) in [4.78, 5) is 3.96. The SMILES string of the molecule is N#Cc1ccccc1[C@@H]1C[C@H](F)C2N=C(SC(F)F)NN21. The molecule has 0 radical (unpaired) electrons. The Balaban J connectivity index is 1.86. The Bertz CT molecular complexity index is 616. The van der Waals surface area contributed by atoms with Crippen molar-refractivity contribution in [2.45, 2.75) is 30.6 Å². The van der Waals surface area contributed by atoms with Crippen LogP contribution in [0.2, 0.25) is 0 Å². The average molecular weight is 312 g/mol. The summed E-state index contributed by atoms with van der Waals surface area (Å²) in [6.07, 6.45) is -1.90. The normalized spacial score (nSPS) is 28.1. The maximum Gasteiger partial charge on any atom is 0.291 e. The number of halogens is 3. The van der Waals surface area contributed by atoms with Gasteiger partial charge in [-0.1, -0.05) is 18.2 Å². The molecule has 0 saturated carbocycles. The maximum absolute atomic E-state index is 14.1. The van der Waals surface area contributed by atoms with Crippen molar-refractivity contribution in [1.29, 1.82) is 5.26 Å². The Morgan fingerprint density at radius 3 is 2.90 bits per heavy atom. The van der Waals surface area contributed by atoms with Crippen LogP contribution in [0.25, 0.3) is 0 Å². The number of alkyl halides is 3. The summed E-state index contributed by atoms with van der Waals surface area (Å²) in [7, 11) is 0. The van der Waals surface area contributed by atoms with Gasteiger partial charge in [0.2, 0.25) is 0 Å². The highest BCUT2D eigenvalue weighted by Crippen LogP contribution is 2.41. The Kier molecular flexibility index (Phi) is 3.78. The quantitative estimate of drug-likeness (QED) is 0.912. The smallest absolute Gasteiger partial charge is 0.291 e. The van der Waals surface area contributed by atoms with Gasteiger partial charge in [0.25, 0.3) is 5.76 Å². The van der Waals surface area contributed by atoms with Crippen molar-refractivity contribution in [2.24, 2.45) is 4.99 Å². The first kappa shape index (κ1) is 14.2. The third-order valence-corrected chi connectivity index (χ3v) is 4.11. The fourth-order valence-electron chi connectivity index (χ4n) is 2.66. The number of thioether (sulfide) groups is 1. The highest BCUT2D eigenvalue weighted by Gasteiger charge is 2.47. The van der Waals surface area contributed by atoms with Gasteiger partial charge in [-0.25, -0.2) is 9.38 Å². The van der Waals surface area contributed by atoms with E-state index < -0.39 is 24.1 Å². The van der Waals surface area contributed by atoms with Gasteiger partial charge in [-0.05, 0) is 23.4 Å². The van der Waals surface area contributed by atoms with E-state index in [9.17, 15) is 13.2 Å². The zero-order valence-corrected chi connectivity index (χ0v) is 11.5. The first-order chi connectivity index (χ1) is 10.1. The van der Waals surface area contributed by atoms with Crippen LogP contribution in [-0.4, -0.2) is 28.3 Å². The predicted molar refractivity (Wildman–Crippen MR) is 73.2 cm³/mol. The van der Waals surface area contributed by atoms with Crippen molar-refractivity contribution in [2.75, 3.05) is 0 Å². The molecule has 1 aromatic rings. The van der Waals surface area contributed by atoms with Crippen molar-refractivity contribution in [3.8, 4) is 6.07 Å². The number of amidine groups is 1. The monoisotopic (exact) mass is 312 g/mol. The number of nitrogens with zero attached hydrogens (tertiary/aromatic N) is 3. The molecule has 8 heteroatoms. The van der Waals surface area contributed by atoms with Crippen LogP contribution >= 0.6 is 11.8 Å². The number of hydrogen-bond donors (Lipinski definition) is 1. The summed E-state index contributed by atoms with van der Waals surface area (Å²) >= 11 is 0.260. The van der Waals surface area contributed by atoms with Gasteiger partial charge < -0.3 is 0 Å². The van der Waals surface area contributed by atoms with E-state index in [1.165, 1.54) is 5.01 Å². The number of benzene rings is 1. The molecular formula is C13H11F3N4S. The minimum atomic E-state index is -2.61. The van der Waals surface area contributed by atoms with E-state index >= 15 is 0 Å². The molecule has 2 heterocycles. The minimum Gasteiger partial charge on any atom is -0.295 e. The van der Waals surface area contributed by atoms with Gasteiger partial charge in [-0.3, -0.25) is 5.43 Å². The number of fused-ring (bicyclic) bond motifs is 1. The number of aliphatic imine (C=N–C) groups is 1. The minimum absolute atomic E-state index is 0.0109. The van der Waals surface area contributed by atoms with Crippen molar-refractivity contribution >= 4 is 16.9 Å². The Hall–Kier alpha value is -1.72. The molecular weight excluding hydrogens is 301 g/mol. The Morgan fingerprint density at radius 2 is 2.19 bits per heavy atom. The topological polar surface area (TPSA) is 51.4 Å². The van der Waals surface area contributed by atoms with E-state index in [0.29, 0.717) is 11.1 Å². The lowest BCUT2D eigenvalue weighted by Crippen LogP contribution is -2.39. The second-order valence-corrected chi connectivity index (χ2v) is 5.69. The highest BCUT2D eigenvalue weighted by molar-refractivity contribution is 8.14. The molecule has 0 amide bonds. The van der Waals surface area contributed by atoms with E-state index in [4.69, 9.17) is 5.26 Å². The molecule has 1 aromatic carbocycles. The van der Waals surface area contributed by atoms with Crippen LogP contribution in [0.15, 0.2) is 29.3 Å². The van der Waals surface area contributed by atoms with Gasteiger partial charge in [0, 0.05) is 6.42 Å². The molecule has 1 unspecified atom stereocenters. The summed E-state index contributed by atoms with van der Waals surface area (Å²) < 4.78 is 38.9. The second-order valence-electron chi connectivity index (χ2n) is 4.71. The molecule has 0 bridgehead atoms. The van der Waals surface area contributed by atoms with E-state index in [2.05, 4.69) is 16.5 Å². The van der Waals surface area contributed by atoms with Crippen LogP contribution in [0.5, 0.6) is 0 Å². The number of nitrogens with one attached hydrogen (secondary N) is 1. The van der Waals surface area contributed by atoms with Crippen molar-refractivity contribution in [3.05, 3.63) is 35.4 Å². The molecule has 1 saturated heterocycles. The van der Waals surface area contributed by atoms with Gasteiger partial charge in [-0.2, -0.15) is 19.1 Å². The zero-order valence-electron chi connectivity index (χ0n) is 10.7. The van der Waals surface area contributed by atoms with Crippen LogP contribution in [-0.2, 0) is 0 Å². The van der Waals surface area contributed by atoms with Crippen molar-refractivity contribution < 1.29 is 13.2 Å². The third kappa shape index (κ3) is 2.59. The molecule has 0 aliphatic carbocycles. The van der Waals surface area contributed by atoms with Gasteiger partial charge >= 0.3 is 0 Å². The van der Waals surface area contributed by atoms with Crippen LogP contribution in [0.1, 0.15) is 23.6 Å². The van der Waals surface area contributed by atoms with E-state index in [-0.39, 0.29) is 23.4 Å². The summed E-state index contributed by atoms with van der Waals surface area (Å²) in [6, 6.07) is 8.57. The number of rotatable bonds is 2. The van der Waals surface area contributed by atoms with Crippen LogP contribution in [0.4, 0.5) is 13.2 Å². The Labute approximate surface area is 123 Å². The van der Waals surface area contributed by atoms with Crippen LogP contribution in [0, 0.1) is 11.3 Å².